The number of hydrogen-bond acceptors (Lipinski definition) is 4. The lowest BCUT2D eigenvalue weighted by Crippen LogP contribution is -2.41. The van der Waals surface area contributed by atoms with Gasteiger partial charge in [0.05, 0.1) is 17.7 Å². The first kappa shape index (κ1) is 15.7. The molecule has 122 valence electrons. The Labute approximate surface area is 136 Å². The van der Waals surface area contributed by atoms with Crippen LogP contribution in [0, 0.1) is 13.8 Å². The van der Waals surface area contributed by atoms with Crippen molar-refractivity contribution in [3.63, 3.8) is 0 Å². The molecule has 0 unspecified atom stereocenters. The number of nitrogens with zero attached hydrogens (tertiary/aromatic N) is 2. The molecule has 0 spiro atoms. The number of methoxy groups -OCH3 is 1. The van der Waals surface area contributed by atoms with Gasteiger partial charge < -0.3 is 14.1 Å². The number of hydrogen-bond donors (Lipinski definition) is 0. The second kappa shape index (κ2) is 6.54. The lowest BCUT2D eigenvalue weighted by molar-refractivity contribution is 0.0507. The van der Waals surface area contributed by atoms with Crippen molar-refractivity contribution >= 4 is 5.91 Å². The van der Waals surface area contributed by atoms with Gasteiger partial charge in [0.2, 0.25) is 0 Å². The summed E-state index contributed by atoms with van der Waals surface area (Å²) < 4.78 is 11.1. The number of rotatable bonds is 4. The van der Waals surface area contributed by atoms with Crippen LogP contribution in [0.4, 0.5) is 0 Å². The summed E-state index contributed by atoms with van der Waals surface area (Å²) in [5.74, 6) is 1.46. The fourth-order valence-electron chi connectivity index (χ4n) is 3.35. The third-order valence-electron chi connectivity index (χ3n) is 4.49. The van der Waals surface area contributed by atoms with Crippen LogP contribution in [0.2, 0.25) is 0 Å². The third kappa shape index (κ3) is 3.15. The summed E-state index contributed by atoms with van der Waals surface area (Å²) in [6.45, 7) is 4.39. The summed E-state index contributed by atoms with van der Waals surface area (Å²) in [6, 6.07) is 5.79. The Morgan fingerprint density at radius 3 is 2.91 bits per heavy atom. The largest absolute Gasteiger partial charge is 0.466 e. The van der Waals surface area contributed by atoms with Crippen molar-refractivity contribution in [3.05, 3.63) is 53.2 Å². The van der Waals surface area contributed by atoms with Crippen molar-refractivity contribution in [1.82, 2.24) is 9.88 Å². The van der Waals surface area contributed by atoms with Gasteiger partial charge in [-0.2, -0.15) is 0 Å². The van der Waals surface area contributed by atoms with Crippen molar-refractivity contribution in [2.75, 3.05) is 13.7 Å². The number of amides is 1. The summed E-state index contributed by atoms with van der Waals surface area (Å²) in [4.78, 5) is 19.0. The molecule has 3 rings (SSSR count). The number of pyridine rings is 1. The Morgan fingerprint density at radius 2 is 2.30 bits per heavy atom. The maximum Gasteiger partial charge on any atom is 0.257 e. The summed E-state index contributed by atoms with van der Waals surface area (Å²) >= 11 is 0. The van der Waals surface area contributed by atoms with Crippen LogP contribution in [0.25, 0.3) is 0 Å². The monoisotopic (exact) mass is 314 g/mol. The van der Waals surface area contributed by atoms with Crippen LogP contribution in [0.5, 0.6) is 0 Å². The molecule has 0 radical (unpaired) electrons. The normalized spacial score (nSPS) is 20.9. The van der Waals surface area contributed by atoms with Crippen LogP contribution < -0.4 is 0 Å². The van der Waals surface area contributed by atoms with E-state index in [0.29, 0.717) is 17.9 Å². The molecule has 2 aromatic rings. The molecule has 0 saturated carbocycles. The zero-order chi connectivity index (χ0) is 16.4. The van der Waals surface area contributed by atoms with E-state index in [2.05, 4.69) is 4.98 Å². The average molecular weight is 314 g/mol. The van der Waals surface area contributed by atoms with Crippen molar-refractivity contribution in [2.45, 2.75) is 38.8 Å². The average Bonchev–Trinajstić information content (AvgIpc) is 3.10. The van der Waals surface area contributed by atoms with Gasteiger partial charge in [-0.25, -0.2) is 0 Å². The van der Waals surface area contributed by atoms with Gasteiger partial charge in [0.25, 0.3) is 5.91 Å². The zero-order valence-electron chi connectivity index (χ0n) is 13.8. The standard InChI is InChI=1S/C18H22N2O3/c1-12-9-15(13(2)23-12)18(21)20-8-6-17(22-3)16(20)10-14-5-4-7-19-11-14/h4-5,7,9,11,16-17H,6,8,10H2,1-3H3/t16-,17+/m0/s1. The summed E-state index contributed by atoms with van der Waals surface area (Å²) in [7, 11) is 1.71. The molecule has 1 saturated heterocycles. The molecule has 0 aromatic carbocycles. The lowest BCUT2D eigenvalue weighted by Gasteiger charge is -2.27. The topological polar surface area (TPSA) is 55.6 Å². The van der Waals surface area contributed by atoms with E-state index < -0.39 is 0 Å². The van der Waals surface area contributed by atoms with Crippen LogP contribution in [-0.2, 0) is 11.2 Å². The van der Waals surface area contributed by atoms with Crippen molar-refractivity contribution in [3.8, 4) is 0 Å². The Hall–Kier alpha value is -2.14. The predicted molar refractivity (Wildman–Crippen MR) is 86.4 cm³/mol. The highest BCUT2D eigenvalue weighted by Gasteiger charge is 2.38. The first-order valence-corrected chi connectivity index (χ1v) is 7.90. The molecule has 2 aromatic heterocycles. The maximum absolute atomic E-state index is 12.9. The van der Waals surface area contributed by atoms with E-state index in [1.807, 2.05) is 43.1 Å². The first-order chi connectivity index (χ1) is 11.1. The molecular formula is C18H22N2O3. The zero-order valence-corrected chi connectivity index (χ0v) is 13.8. The number of ether oxygens (including phenoxy) is 1. The summed E-state index contributed by atoms with van der Waals surface area (Å²) in [6.07, 6.45) is 5.25. The number of aromatic nitrogens is 1. The van der Waals surface area contributed by atoms with Crippen LogP contribution in [-0.4, -0.2) is 41.6 Å². The number of furan rings is 1. The van der Waals surface area contributed by atoms with Crippen molar-refractivity contribution in [1.29, 1.82) is 0 Å². The molecular weight excluding hydrogens is 292 g/mol. The first-order valence-electron chi connectivity index (χ1n) is 7.90. The fourth-order valence-corrected chi connectivity index (χ4v) is 3.35. The third-order valence-corrected chi connectivity index (χ3v) is 4.49. The van der Waals surface area contributed by atoms with E-state index in [-0.39, 0.29) is 18.1 Å². The van der Waals surface area contributed by atoms with Gasteiger partial charge in [0.1, 0.15) is 11.5 Å². The molecule has 1 fully saturated rings. The fraction of sp³-hybridized carbons (Fsp3) is 0.444. The van der Waals surface area contributed by atoms with Gasteiger partial charge in [-0.1, -0.05) is 6.07 Å². The van der Waals surface area contributed by atoms with Gasteiger partial charge in [0.15, 0.2) is 0 Å². The second-order valence-corrected chi connectivity index (χ2v) is 6.02. The molecule has 1 amide bonds. The Bertz CT molecular complexity index is 681. The lowest BCUT2D eigenvalue weighted by atomic mass is 10.0. The number of aryl methyl sites for hydroxylation is 2. The molecule has 5 nitrogen and oxygen atoms in total. The molecule has 5 heteroatoms. The van der Waals surface area contributed by atoms with Crippen LogP contribution >= 0.6 is 0 Å². The van der Waals surface area contributed by atoms with Crippen LogP contribution in [0.3, 0.4) is 0 Å². The number of carbonyl (C=O) groups is 1. The molecule has 2 atom stereocenters. The highest BCUT2D eigenvalue weighted by molar-refractivity contribution is 5.95. The quantitative estimate of drug-likeness (QED) is 0.871. The SMILES string of the molecule is CO[C@@H]1CCN(C(=O)c2cc(C)oc2C)[C@H]1Cc1cccnc1. The van der Waals surface area contributed by atoms with Crippen molar-refractivity contribution in [2.24, 2.45) is 0 Å². The van der Waals surface area contributed by atoms with E-state index in [1.54, 1.807) is 13.3 Å². The van der Waals surface area contributed by atoms with E-state index in [4.69, 9.17) is 9.15 Å². The van der Waals surface area contributed by atoms with E-state index in [1.165, 1.54) is 0 Å². The number of likely N-dealkylation sites (tertiary alicyclic amines) is 1. The highest BCUT2D eigenvalue weighted by atomic mass is 16.5. The van der Waals surface area contributed by atoms with Gasteiger partial charge in [-0.3, -0.25) is 9.78 Å². The van der Waals surface area contributed by atoms with E-state index in [9.17, 15) is 4.79 Å². The van der Waals surface area contributed by atoms with Crippen molar-refractivity contribution < 1.29 is 13.9 Å². The minimum absolute atomic E-state index is 0.0197. The predicted octanol–water partition coefficient (Wildman–Crippen LogP) is 2.76. The molecule has 1 aliphatic heterocycles. The molecule has 0 aliphatic carbocycles. The highest BCUT2D eigenvalue weighted by Crippen LogP contribution is 2.27. The molecule has 23 heavy (non-hydrogen) atoms. The minimum Gasteiger partial charge on any atom is -0.466 e. The maximum atomic E-state index is 12.9. The van der Waals surface area contributed by atoms with Gasteiger partial charge in [-0.05, 0) is 44.4 Å². The summed E-state index contributed by atoms with van der Waals surface area (Å²) in [5.41, 5.74) is 1.76. The van der Waals surface area contributed by atoms with Crippen LogP contribution in [0.1, 0.15) is 33.9 Å². The minimum atomic E-state index is 0.0197. The Balaban J connectivity index is 1.84. The van der Waals surface area contributed by atoms with Gasteiger partial charge in [-0.15, -0.1) is 0 Å². The van der Waals surface area contributed by atoms with E-state index >= 15 is 0 Å². The van der Waals surface area contributed by atoms with Crippen LogP contribution in [0.15, 0.2) is 35.0 Å². The molecule has 0 N–H and O–H groups in total. The molecule has 3 heterocycles. The molecule has 0 bridgehead atoms. The molecule has 1 aliphatic rings. The van der Waals surface area contributed by atoms with Gasteiger partial charge in [0, 0.05) is 26.0 Å². The second-order valence-electron chi connectivity index (χ2n) is 6.02. The Kier molecular flexibility index (Phi) is 4.48. The van der Waals surface area contributed by atoms with Gasteiger partial charge >= 0.3 is 0 Å². The Morgan fingerprint density at radius 1 is 1.48 bits per heavy atom. The number of carbonyl (C=O) groups excluding carboxylic acids is 1. The van der Waals surface area contributed by atoms with E-state index in [0.717, 1.165) is 24.2 Å². The summed E-state index contributed by atoms with van der Waals surface area (Å²) in [5, 5.41) is 0. The smallest absolute Gasteiger partial charge is 0.257 e.